The summed E-state index contributed by atoms with van der Waals surface area (Å²) in [4.78, 5) is 39.4. The number of rotatable bonds is 6. The van der Waals surface area contributed by atoms with Crippen LogP contribution in [0.15, 0.2) is 60.2 Å². The fourth-order valence-electron chi connectivity index (χ4n) is 3.73. The third-order valence-electron chi connectivity index (χ3n) is 5.92. The second kappa shape index (κ2) is 10.5. The number of anilines is 1. The zero-order valence-corrected chi connectivity index (χ0v) is 22.5. The highest BCUT2D eigenvalue weighted by atomic mass is 127. The van der Waals surface area contributed by atoms with Crippen LogP contribution in [0, 0.1) is 24.3 Å². The molecular formula is C28H25IN2O5. The largest absolute Gasteiger partial charge is 0.493 e. The lowest BCUT2D eigenvalue weighted by Crippen LogP contribution is -2.54. The van der Waals surface area contributed by atoms with Crippen molar-refractivity contribution in [2.24, 2.45) is 0 Å². The van der Waals surface area contributed by atoms with Crippen LogP contribution in [0.5, 0.6) is 11.5 Å². The van der Waals surface area contributed by atoms with E-state index in [-0.39, 0.29) is 5.57 Å². The lowest BCUT2D eigenvalue weighted by Gasteiger charge is -2.27. The number of methoxy groups -OCH3 is 1. The number of imide groups is 2. The molecule has 0 unspecified atom stereocenters. The number of carbonyl (C=O) groups excluding carboxylic acids is 3. The highest BCUT2D eigenvalue weighted by Crippen LogP contribution is 2.35. The second-order valence-corrected chi connectivity index (χ2v) is 9.70. The van der Waals surface area contributed by atoms with E-state index in [1.54, 1.807) is 24.3 Å². The van der Waals surface area contributed by atoms with Crippen LogP contribution in [0.3, 0.4) is 0 Å². The number of nitrogens with one attached hydrogen (secondary N) is 1. The normalized spacial score (nSPS) is 14.8. The topological polar surface area (TPSA) is 84.9 Å². The van der Waals surface area contributed by atoms with E-state index in [1.165, 1.54) is 18.7 Å². The van der Waals surface area contributed by atoms with Crippen molar-refractivity contribution in [1.82, 2.24) is 5.32 Å². The standard InChI is InChI=1S/C28H25IN2O5/c1-16-5-8-19(9-6-16)15-36-25-23(29)13-20(14-24(25)35-4)12-22-26(32)30-28(34)31(27(22)33)21-10-7-17(2)18(3)11-21/h5-14H,15H2,1-4H3,(H,30,32,34)/b22-12+. The Kier molecular flexibility index (Phi) is 7.44. The molecule has 8 heteroatoms. The van der Waals surface area contributed by atoms with Crippen LogP contribution in [-0.2, 0) is 16.2 Å². The number of nitrogens with zero attached hydrogens (tertiary/aromatic N) is 1. The quantitative estimate of drug-likeness (QED) is 0.232. The smallest absolute Gasteiger partial charge is 0.335 e. The summed E-state index contributed by atoms with van der Waals surface area (Å²) in [6.07, 6.45) is 1.45. The van der Waals surface area contributed by atoms with Gasteiger partial charge in [-0.3, -0.25) is 14.9 Å². The van der Waals surface area contributed by atoms with Gasteiger partial charge in [0.2, 0.25) is 0 Å². The Morgan fingerprint density at radius 1 is 0.944 bits per heavy atom. The van der Waals surface area contributed by atoms with Crippen molar-refractivity contribution < 1.29 is 23.9 Å². The summed E-state index contributed by atoms with van der Waals surface area (Å²) < 4.78 is 12.3. The highest BCUT2D eigenvalue weighted by Gasteiger charge is 2.37. The molecule has 1 aliphatic heterocycles. The van der Waals surface area contributed by atoms with Crippen molar-refractivity contribution in [2.75, 3.05) is 12.0 Å². The van der Waals surface area contributed by atoms with Crippen LogP contribution in [0.25, 0.3) is 6.08 Å². The zero-order chi connectivity index (χ0) is 26.0. The molecule has 0 saturated carbocycles. The summed E-state index contributed by atoms with van der Waals surface area (Å²) >= 11 is 2.13. The van der Waals surface area contributed by atoms with E-state index in [9.17, 15) is 14.4 Å². The van der Waals surface area contributed by atoms with E-state index >= 15 is 0 Å². The maximum absolute atomic E-state index is 13.3. The Morgan fingerprint density at radius 3 is 2.33 bits per heavy atom. The highest BCUT2D eigenvalue weighted by molar-refractivity contribution is 14.1. The van der Waals surface area contributed by atoms with Crippen molar-refractivity contribution in [3.8, 4) is 11.5 Å². The van der Waals surface area contributed by atoms with Crippen LogP contribution in [-0.4, -0.2) is 25.0 Å². The Balaban J connectivity index is 1.64. The molecule has 184 valence electrons. The van der Waals surface area contributed by atoms with Gasteiger partial charge in [0.15, 0.2) is 11.5 Å². The summed E-state index contributed by atoms with van der Waals surface area (Å²) in [7, 11) is 1.53. The van der Waals surface area contributed by atoms with Crippen molar-refractivity contribution in [3.63, 3.8) is 0 Å². The van der Waals surface area contributed by atoms with Gasteiger partial charge >= 0.3 is 6.03 Å². The SMILES string of the molecule is COc1cc(/C=C2\C(=O)NC(=O)N(c3ccc(C)c(C)c3)C2=O)cc(I)c1OCc1ccc(C)cc1. The van der Waals surface area contributed by atoms with Crippen molar-refractivity contribution in [1.29, 1.82) is 0 Å². The molecule has 0 aromatic heterocycles. The van der Waals surface area contributed by atoms with Gasteiger partial charge in [0.1, 0.15) is 12.2 Å². The monoisotopic (exact) mass is 596 g/mol. The number of ether oxygens (including phenoxy) is 2. The van der Waals surface area contributed by atoms with Crippen molar-refractivity contribution >= 4 is 52.2 Å². The fraction of sp³-hybridized carbons (Fsp3) is 0.179. The number of barbiturate groups is 1. The summed E-state index contributed by atoms with van der Waals surface area (Å²) in [5, 5.41) is 2.26. The number of carbonyl (C=O) groups is 3. The molecule has 0 spiro atoms. The average molecular weight is 596 g/mol. The van der Waals surface area contributed by atoms with Gasteiger partial charge < -0.3 is 9.47 Å². The van der Waals surface area contributed by atoms with E-state index in [0.29, 0.717) is 29.4 Å². The molecule has 1 fully saturated rings. The maximum Gasteiger partial charge on any atom is 0.335 e. The molecule has 0 atom stereocenters. The molecule has 3 aromatic carbocycles. The molecule has 0 radical (unpaired) electrons. The molecule has 1 N–H and O–H groups in total. The predicted octanol–water partition coefficient (Wildman–Crippen LogP) is 5.47. The van der Waals surface area contributed by atoms with E-state index < -0.39 is 17.8 Å². The van der Waals surface area contributed by atoms with Crippen LogP contribution in [0.2, 0.25) is 0 Å². The van der Waals surface area contributed by atoms with Gasteiger partial charge in [0.05, 0.1) is 16.4 Å². The number of halogens is 1. The molecule has 0 bridgehead atoms. The first-order chi connectivity index (χ1) is 17.2. The summed E-state index contributed by atoms with van der Waals surface area (Å²) in [6, 6.07) is 16.0. The van der Waals surface area contributed by atoms with Gasteiger partial charge in [0.25, 0.3) is 11.8 Å². The third-order valence-corrected chi connectivity index (χ3v) is 6.72. The minimum Gasteiger partial charge on any atom is -0.493 e. The summed E-state index contributed by atoms with van der Waals surface area (Å²) in [6.45, 7) is 6.22. The predicted molar refractivity (Wildman–Crippen MR) is 146 cm³/mol. The van der Waals surface area contributed by atoms with Gasteiger partial charge in [0, 0.05) is 0 Å². The molecule has 0 aliphatic carbocycles. The Labute approximate surface area is 223 Å². The number of amides is 4. The first-order valence-corrected chi connectivity index (χ1v) is 12.3. The zero-order valence-electron chi connectivity index (χ0n) is 20.3. The third kappa shape index (κ3) is 5.28. The average Bonchev–Trinajstić information content (AvgIpc) is 2.84. The molecule has 4 amide bonds. The lowest BCUT2D eigenvalue weighted by atomic mass is 10.0. The second-order valence-electron chi connectivity index (χ2n) is 8.53. The van der Waals surface area contributed by atoms with Crippen LogP contribution in [0.4, 0.5) is 10.5 Å². The van der Waals surface area contributed by atoms with Gasteiger partial charge in [-0.05, 0) is 96.0 Å². The van der Waals surface area contributed by atoms with E-state index in [4.69, 9.17) is 9.47 Å². The summed E-state index contributed by atoms with van der Waals surface area (Å²) in [5.41, 5.74) is 4.95. The molecule has 1 aliphatic rings. The number of benzene rings is 3. The molecule has 7 nitrogen and oxygen atoms in total. The summed E-state index contributed by atoms with van der Waals surface area (Å²) in [5.74, 6) is -0.418. The van der Waals surface area contributed by atoms with E-state index in [0.717, 1.165) is 25.2 Å². The van der Waals surface area contributed by atoms with Crippen LogP contribution >= 0.6 is 22.6 Å². The molecule has 4 rings (SSSR count). The van der Waals surface area contributed by atoms with Gasteiger partial charge in [-0.25, -0.2) is 9.69 Å². The first-order valence-electron chi connectivity index (χ1n) is 11.2. The number of hydrogen-bond donors (Lipinski definition) is 1. The fourth-order valence-corrected chi connectivity index (χ4v) is 4.51. The maximum atomic E-state index is 13.3. The Morgan fingerprint density at radius 2 is 1.67 bits per heavy atom. The molecule has 36 heavy (non-hydrogen) atoms. The molecule has 1 heterocycles. The minimum absolute atomic E-state index is 0.154. The van der Waals surface area contributed by atoms with E-state index in [2.05, 4.69) is 27.9 Å². The first kappa shape index (κ1) is 25.4. The molecule has 1 saturated heterocycles. The Bertz CT molecular complexity index is 1400. The van der Waals surface area contributed by atoms with Crippen LogP contribution in [0.1, 0.15) is 27.8 Å². The minimum atomic E-state index is -0.780. The Hall–Kier alpha value is -3.66. The number of hydrogen-bond acceptors (Lipinski definition) is 5. The van der Waals surface area contributed by atoms with E-state index in [1.807, 2.05) is 51.1 Å². The van der Waals surface area contributed by atoms with Gasteiger partial charge in [-0.1, -0.05) is 35.9 Å². The van der Waals surface area contributed by atoms with Crippen LogP contribution < -0.4 is 19.7 Å². The van der Waals surface area contributed by atoms with Crippen molar-refractivity contribution in [2.45, 2.75) is 27.4 Å². The van der Waals surface area contributed by atoms with Gasteiger partial charge in [-0.15, -0.1) is 0 Å². The number of aryl methyl sites for hydroxylation is 3. The lowest BCUT2D eigenvalue weighted by molar-refractivity contribution is -0.122. The molecular weight excluding hydrogens is 571 g/mol. The van der Waals surface area contributed by atoms with Gasteiger partial charge in [-0.2, -0.15) is 0 Å². The van der Waals surface area contributed by atoms with Crippen molar-refractivity contribution in [3.05, 3.63) is 91.6 Å². The number of urea groups is 1. The molecule has 3 aromatic rings.